The number of benzene rings is 1. The summed E-state index contributed by atoms with van der Waals surface area (Å²) in [6.45, 7) is 2.10. The van der Waals surface area contributed by atoms with Crippen LogP contribution in [-0.2, 0) is 6.42 Å². The minimum atomic E-state index is 0.778. The monoisotopic (exact) mass is 223 g/mol. The van der Waals surface area contributed by atoms with Gasteiger partial charge in [0.2, 0.25) is 0 Å². The third-order valence-corrected chi connectivity index (χ3v) is 3.38. The highest BCUT2D eigenvalue weighted by Crippen LogP contribution is 2.34. The minimum Gasteiger partial charge on any atom is -0.497 e. The normalized spacial score (nSPS) is 10.6. The van der Waals surface area contributed by atoms with E-state index in [1.54, 1.807) is 25.6 Å². The van der Waals surface area contributed by atoms with Gasteiger partial charge in [-0.15, -0.1) is 11.3 Å². The molecule has 0 saturated heterocycles. The van der Waals surface area contributed by atoms with Crippen LogP contribution in [0.25, 0.3) is 10.2 Å². The first-order valence-corrected chi connectivity index (χ1v) is 5.61. The second-order valence-electron chi connectivity index (χ2n) is 3.14. The number of hydrogen-bond acceptors (Lipinski definition) is 4. The van der Waals surface area contributed by atoms with E-state index in [2.05, 4.69) is 11.9 Å². The van der Waals surface area contributed by atoms with Crippen LogP contribution in [0.1, 0.15) is 11.9 Å². The SMILES string of the molecule is CCc1nc2c(OC)cc(OC)cc2s1. The van der Waals surface area contributed by atoms with E-state index in [4.69, 9.17) is 9.47 Å². The number of fused-ring (bicyclic) bond motifs is 1. The van der Waals surface area contributed by atoms with Crippen molar-refractivity contribution in [2.45, 2.75) is 13.3 Å². The van der Waals surface area contributed by atoms with Gasteiger partial charge in [-0.25, -0.2) is 4.98 Å². The van der Waals surface area contributed by atoms with Crippen LogP contribution >= 0.6 is 11.3 Å². The third-order valence-electron chi connectivity index (χ3n) is 2.24. The van der Waals surface area contributed by atoms with Gasteiger partial charge in [0.25, 0.3) is 0 Å². The Balaban J connectivity index is 2.66. The quantitative estimate of drug-likeness (QED) is 0.801. The Morgan fingerprint density at radius 3 is 2.67 bits per heavy atom. The molecule has 2 rings (SSSR count). The summed E-state index contributed by atoms with van der Waals surface area (Å²) in [6, 6.07) is 3.86. The Bertz CT molecular complexity index is 479. The van der Waals surface area contributed by atoms with E-state index >= 15 is 0 Å². The van der Waals surface area contributed by atoms with Gasteiger partial charge in [-0.05, 0) is 12.5 Å². The molecule has 0 aliphatic rings. The van der Waals surface area contributed by atoms with Crippen molar-refractivity contribution in [2.75, 3.05) is 14.2 Å². The molecule has 0 amide bonds. The summed E-state index contributed by atoms with van der Waals surface area (Å²) in [5.41, 5.74) is 0.931. The fourth-order valence-corrected chi connectivity index (χ4v) is 2.40. The summed E-state index contributed by atoms with van der Waals surface area (Å²) in [5.74, 6) is 1.59. The van der Waals surface area contributed by atoms with Crippen molar-refractivity contribution in [1.82, 2.24) is 4.98 Å². The number of rotatable bonds is 3. The first kappa shape index (κ1) is 10.2. The lowest BCUT2D eigenvalue weighted by atomic mass is 10.3. The van der Waals surface area contributed by atoms with Gasteiger partial charge >= 0.3 is 0 Å². The van der Waals surface area contributed by atoms with Gasteiger partial charge in [-0.2, -0.15) is 0 Å². The topological polar surface area (TPSA) is 31.4 Å². The summed E-state index contributed by atoms with van der Waals surface area (Å²) in [5, 5.41) is 1.12. The summed E-state index contributed by atoms with van der Waals surface area (Å²) in [6.07, 6.45) is 0.949. The molecule has 0 bridgehead atoms. The summed E-state index contributed by atoms with van der Waals surface area (Å²) in [7, 11) is 3.31. The average Bonchev–Trinajstić information content (AvgIpc) is 2.70. The standard InChI is InChI=1S/C11H13NO2S/c1-4-10-12-11-8(14-3)5-7(13-2)6-9(11)15-10/h5-6H,4H2,1-3H3. The van der Waals surface area contributed by atoms with E-state index in [9.17, 15) is 0 Å². The van der Waals surface area contributed by atoms with Crippen LogP contribution in [0.4, 0.5) is 0 Å². The fourth-order valence-electron chi connectivity index (χ4n) is 1.45. The fraction of sp³-hybridized carbons (Fsp3) is 0.364. The van der Waals surface area contributed by atoms with Crippen LogP contribution in [0, 0.1) is 0 Å². The highest BCUT2D eigenvalue weighted by Gasteiger charge is 2.10. The van der Waals surface area contributed by atoms with Gasteiger partial charge in [-0.3, -0.25) is 0 Å². The molecule has 0 saturated carbocycles. The Kier molecular flexibility index (Phi) is 2.77. The van der Waals surface area contributed by atoms with Crippen LogP contribution in [0.5, 0.6) is 11.5 Å². The number of ether oxygens (including phenoxy) is 2. The van der Waals surface area contributed by atoms with E-state index in [1.165, 1.54) is 0 Å². The number of aryl methyl sites for hydroxylation is 1. The second-order valence-corrected chi connectivity index (χ2v) is 4.25. The summed E-state index contributed by atoms with van der Waals surface area (Å²) in [4.78, 5) is 4.52. The van der Waals surface area contributed by atoms with Gasteiger partial charge in [0.1, 0.15) is 17.0 Å². The number of nitrogens with zero attached hydrogens (tertiary/aromatic N) is 1. The first-order chi connectivity index (χ1) is 7.28. The molecule has 1 aromatic heterocycles. The molecule has 1 aromatic carbocycles. The van der Waals surface area contributed by atoms with Crippen molar-refractivity contribution in [3.05, 3.63) is 17.1 Å². The highest BCUT2D eigenvalue weighted by atomic mass is 32.1. The number of thiazole rings is 1. The smallest absolute Gasteiger partial charge is 0.149 e. The van der Waals surface area contributed by atoms with E-state index in [-0.39, 0.29) is 0 Å². The molecule has 15 heavy (non-hydrogen) atoms. The second kappa shape index (κ2) is 4.06. The van der Waals surface area contributed by atoms with Crippen molar-refractivity contribution >= 4 is 21.6 Å². The Morgan fingerprint density at radius 2 is 2.07 bits per heavy atom. The number of methoxy groups -OCH3 is 2. The van der Waals surface area contributed by atoms with Gasteiger partial charge in [0, 0.05) is 6.07 Å². The molecule has 4 heteroatoms. The molecular weight excluding hydrogens is 210 g/mol. The Labute approximate surface area is 92.7 Å². The van der Waals surface area contributed by atoms with E-state index in [0.717, 1.165) is 33.1 Å². The van der Waals surface area contributed by atoms with Crippen molar-refractivity contribution < 1.29 is 9.47 Å². The first-order valence-electron chi connectivity index (χ1n) is 4.80. The molecule has 0 unspecified atom stereocenters. The van der Waals surface area contributed by atoms with E-state index in [0.29, 0.717) is 0 Å². The van der Waals surface area contributed by atoms with Crippen LogP contribution < -0.4 is 9.47 Å². The van der Waals surface area contributed by atoms with E-state index < -0.39 is 0 Å². The minimum absolute atomic E-state index is 0.778. The van der Waals surface area contributed by atoms with E-state index in [1.807, 2.05) is 12.1 Å². The van der Waals surface area contributed by atoms with Gasteiger partial charge < -0.3 is 9.47 Å². The molecule has 1 heterocycles. The Morgan fingerprint density at radius 1 is 1.27 bits per heavy atom. The lowest BCUT2D eigenvalue weighted by Gasteiger charge is -2.03. The maximum atomic E-state index is 5.29. The van der Waals surface area contributed by atoms with Crippen LogP contribution in [0.3, 0.4) is 0 Å². The zero-order valence-corrected chi connectivity index (χ0v) is 9.85. The maximum absolute atomic E-state index is 5.29. The van der Waals surface area contributed by atoms with Gasteiger partial charge in [0.05, 0.1) is 23.9 Å². The molecule has 0 aliphatic carbocycles. The molecule has 0 atom stereocenters. The lowest BCUT2D eigenvalue weighted by molar-refractivity contribution is 0.397. The summed E-state index contributed by atoms with van der Waals surface area (Å²) < 4.78 is 11.6. The van der Waals surface area contributed by atoms with Gasteiger partial charge in [0.15, 0.2) is 0 Å². The maximum Gasteiger partial charge on any atom is 0.149 e. The molecule has 0 spiro atoms. The van der Waals surface area contributed by atoms with Crippen molar-refractivity contribution in [3.63, 3.8) is 0 Å². The molecule has 80 valence electrons. The molecule has 3 nitrogen and oxygen atoms in total. The van der Waals surface area contributed by atoms with Crippen molar-refractivity contribution in [1.29, 1.82) is 0 Å². The molecular formula is C11H13NO2S. The Hall–Kier alpha value is -1.29. The average molecular weight is 223 g/mol. The molecule has 0 N–H and O–H groups in total. The van der Waals surface area contributed by atoms with Gasteiger partial charge in [-0.1, -0.05) is 6.92 Å². The zero-order chi connectivity index (χ0) is 10.8. The van der Waals surface area contributed by atoms with Crippen LogP contribution in [0.2, 0.25) is 0 Å². The molecule has 0 fully saturated rings. The third kappa shape index (κ3) is 1.77. The molecule has 0 aliphatic heterocycles. The van der Waals surface area contributed by atoms with Crippen molar-refractivity contribution in [3.8, 4) is 11.5 Å². The molecule has 2 aromatic rings. The number of aromatic nitrogens is 1. The zero-order valence-electron chi connectivity index (χ0n) is 9.03. The largest absolute Gasteiger partial charge is 0.497 e. The van der Waals surface area contributed by atoms with Crippen LogP contribution in [0.15, 0.2) is 12.1 Å². The lowest BCUT2D eigenvalue weighted by Crippen LogP contribution is -1.88. The number of hydrogen-bond donors (Lipinski definition) is 0. The van der Waals surface area contributed by atoms with Crippen LogP contribution in [-0.4, -0.2) is 19.2 Å². The predicted molar refractivity (Wildman–Crippen MR) is 62.1 cm³/mol. The predicted octanol–water partition coefficient (Wildman–Crippen LogP) is 2.88. The van der Waals surface area contributed by atoms with Crippen molar-refractivity contribution in [2.24, 2.45) is 0 Å². The summed E-state index contributed by atoms with van der Waals surface area (Å²) >= 11 is 1.69. The molecule has 0 radical (unpaired) electrons. The highest BCUT2D eigenvalue weighted by molar-refractivity contribution is 7.18.